The number of rotatable bonds is 8. The molecule has 0 radical (unpaired) electrons. The summed E-state index contributed by atoms with van der Waals surface area (Å²) < 4.78 is 135. The molecule has 0 spiro atoms. The summed E-state index contributed by atoms with van der Waals surface area (Å²) in [4.78, 5) is 24.2. The Balaban J connectivity index is 2.50. The molecule has 0 heterocycles. The van der Waals surface area contributed by atoms with E-state index in [-0.39, 0.29) is 27.8 Å². The molecule has 4 nitrogen and oxygen atoms in total. The molecule has 2 amide bonds. The molecule has 2 aromatic rings. The van der Waals surface area contributed by atoms with Crippen LogP contribution in [0.4, 0.5) is 43.9 Å². The largest absolute Gasteiger partial charge is 0.417 e. The normalized spacial score (nSPS) is 14.6. The van der Waals surface area contributed by atoms with Crippen LogP contribution in [0, 0.1) is 0 Å². The van der Waals surface area contributed by atoms with Gasteiger partial charge in [-0.3, -0.25) is 9.59 Å². The Hall–Kier alpha value is -3.26. The molecule has 2 atom stereocenters. The van der Waals surface area contributed by atoms with Crippen LogP contribution in [0.15, 0.2) is 42.5 Å². The highest BCUT2D eigenvalue weighted by Gasteiger charge is 2.41. The van der Waals surface area contributed by atoms with Gasteiger partial charge in [0, 0.05) is 5.56 Å². The van der Waals surface area contributed by atoms with Crippen LogP contribution in [-0.2, 0) is 11.0 Å². The van der Waals surface area contributed by atoms with Crippen LogP contribution in [0.5, 0.6) is 0 Å². The number of carbonyl (C=O) groups is 2. The molecule has 2 unspecified atom stereocenters. The maximum Gasteiger partial charge on any atom is 0.417 e. The van der Waals surface area contributed by atoms with Crippen molar-refractivity contribution in [3.05, 3.63) is 80.3 Å². The minimum absolute atomic E-state index is 0.0291. The fraction of sp³-hybridized carbons (Fsp3) is 0.308. The number of benzene rings is 2. The van der Waals surface area contributed by atoms with Gasteiger partial charge in [0.15, 0.2) is 0 Å². The summed E-state index contributed by atoms with van der Waals surface area (Å²) in [5.74, 6) is -7.33. The molecule has 42 heavy (non-hydrogen) atoms. The maximum absolute atomic E-state index is 15.1. The van der Waals surface area contributed by atoms with Crippen molar-refractivity contribution < 1.29 is 53.5 Å². The smallest absolute Gasteiger partial charge is 0.345 e. The zero-order valence-corrected chi connectivity index (χ0v) is 22.8. The van der Waals surface area contributed by atoms with E-state index in [9.17, 15) is 49.1 Å². The number of amides is 2. The predicted molar refractivity (Wildman–Crippen MR) is 136 cm³/mol. The van der Waals surface area contributed by atoms with Gasteiger partial charge in [-0.1, -0.05) is 41.4 Å². The minimum atomic E-state index is -5.33. The Kier molecular flexibility index (Phi) is 11.1. The Morgan fingerprint density at radius 1 is 0.976 bits per heavy atom. The first kappa shape index (κ1) is 34.9. The predicted octanol–water partition coefficient (Wildman–Crippen LogP) is 8.50. The summed E-state index contributed by atoms with van der Waals surface area (Å²) in [5.41, 5.74) is -4.41. The van der Waals surface area contributed by atoms with Gasteiger partial charge in [0.25, 0.3) is 5.91 Å². The number of hydrogen-bond acceptors (Lipinski definition) is 2. The lowest BCUT2D eigenvalue weighted by atomic mass is 9.94. The van der Waals surface area contributed by atoms with Gasteiger partial charge in [0.1, 0.15) is 24.3 Å². The molecule has 2 rings (SSSR count). The first-order valence-corrected chi connectivity index (χ1v) is 12.3. The second-order valence-corrected chi connectivity index (χ2v) is 9.51. The highest BCUT2D eigenvalue weighted by atomic mass is 35.5. The molecule has 0 saturated heterocycles. The SMILES string of the molecule is CC=Cc1cc(C(/C=C(\F)c2ccc(C(=O)NC(C)C(=O)NCC(F)(F)F)c(C(F)(F)F)c2)C(F)(F)F)cc(Cl)c1Cl. The van der Waals surface area contributed by atoms with Crippen molar-refractivity contribution in [2.45, 2.75) is 44.3 Å². The van der Waals surface area contributed by atoms with Gasteiger partial charge in [-0.15, -0.1) is 0 Å². The van der Waals surface area contributed by atoms with E-state index >= 15 is 4.39 Å². The van der Waals surface area contributed by atoms with Crippen molar-refractivity contribution in [2.24, 2.45) is 0 Å². The molecular formula is C26H20Cl2F10N2O2. The van der Waals surface area contributed by atoms with E-state index in [0.717, 1.165) is 19.1 Å². The van der Waals surface area contributed by atoms with E-state index in [4.69, 9.17) is 23.2 Å². The molecule has 0 fully saturated rings. The lowest BCUT2D eigenvalue weighted by molar-refractivity contribution is -0.140. The molecule has 2 aromatic carbocycles. The fourth-order valence-electron chi connectivity index (χ4n) is 3.54. The van der Waals surface area contributed by atoms with Crippen molar-refractivity contribution >= 4 is 46.9 Å². The van der Waals surface area contributed by atoms with E-state index in [1.54, 1.807) is 12.2 Å². The van der Waals surface area contributed by atoms with Crippen LogP contribution >= 0.6 is 23.2 Å². The molecule has 0 aromatic heterocycles. The number of alkyl halides is 9. The molecule has 2 N–H and O–H groups in total. The molecule has 0 saturated carbocycles. The Labute approximate surface area is 242 Å². The number of halogens is 12. The highest BCUT2D eigenvalue weighted by Crippen LogP contribution is 2.42. The number of hydrogen-bond donors (Lipinski definition) is 2. The molecule has 230 valence electrons. The highest BCUT2D eigenvalue weighted by molar-refractivity contribution is 6.43. The second-order valence-electron chi connectivity index (χ2n) is 8.73. The van der Waals surface area contributed by atoms with Gasteiger partial charge in [-0.25, -0.2) is 4.39 Å². The van der Waals surface area contributed by atoms with Crippen LogP contribution < -0.4 is 10.6 Å². The van der Waals surface area contributed by atoms with E-state index in [2.05, 4.69) is 0 Å². The third-order valence-corrected chi connectivity index (χ3v) is 6.32. The molecule has 0 aliphatic heterocycles. The molecule has 0 bridgehead atoms. The van der Waals surface area contributed by atoms with Crippen LogP contribution in [0.1, 0.15) is 52.4 Å². The summed E-state index contributed by atoms with van der Waals surface area (Å²) in [6.45, 7) is 0.677. The van der Waals surface area contributed by atoms with Gasteiger partial charge in [0.2, 0.25) is 5.91 Å². The van der Waals surface area contributed by atoms with E-state index in [1.807, 2.05) is 0 Å². The van der Waals surface area contributed by atoms with Gasteiger partial charge < -0.3 is 10.6 Å². The average Bonchev–Trinajstić information content (AvgIpc) is 2.86. The van der Waals surface area contributed by atoms with Crippen molar-refractivity contribution in [1.82, 2.24) is 10.6 Å². The van der Waals surface area contributed by atoms with Gasteiger partial charge in [0.05, 0.1) is 21.2 Å². The first-order chi connectivity index (χ1) is 19.2. The van der Waals surface area contributed by atoms with Crippen LogP contribution in [0.3, 0.4) is 0 Å². The number of nitrogens with one attached hydrogen (secondary N) is 2. The Morgan fingerprint density at radius 2 is 1.60 bits per heavy atom. The van der Waals surface area contributed by atoms with Crippen molar-refractivity contribution in [3.63, 3.8) is 0 Å². The third kappa shape index (κ3) is 9.38. The van der Waals surface area contributed by atoms with Crippen LogP contribution in [-0.4, -0.2) is 36.8 Å². The lowest BCUT2D eigenvalue weighted by Gasteiger charge is -2.20. The van der Waals surface area contributed by atoms with Crippen molar-refractivity contribution in [2.75, 3.05) is 6.54 Å². The average molecular weight is 653 g/mol. The Bertz CT molecular complexity index is 1380. The van der Waals surface area contributed by atoms with Crippen molar-refractivity contribution in [1.29, 1.82) is 0 Å². The van der Waals surface area contributed by atoms with Gasteiger partial charge in [-0.05, 0) is 55.3 Å². The molecule has 16 heteroatoms. The molecular weight excluding hydrogens is 633 g/mol. The zero-order valence-electron chi connectivity index (χ0n) is 21.3. The lowest BCUT2D eigenvalue weighted by Crippen LogP contribution is -2.47. The number of carbonyl (C=O) groups excluding carboxylic acids is 2. The second kappa shape index (κ2) is 13.4. The topological polar surface area (TPSA) is 58.2 Å². The van der Waals surface area contributed by atoms with Gasteiger partial charge >= 0.3 is 18.5 Å². The fourth-order valence-corrected chi connectivity index (χ4v) is 3.95. The monoisotopic (exact) mass is 652 g/mol. The molecule has 0 aliphatic carbocycles. The maximum atomic E-state index is 15.1. The summed E-state index contributed by atoms with van der Waals surface area (Å²) >= 11 is 11.9. The van der Waals surface area contributed by atoms with Crippen LogP contribution in [0.25, 0.3) is 11.9 Å². The van der Waals surface area contributed by atoms with Crippen LogP contribution in [0.2, 0.25) is 10.0 Å². The standard InChI is InChI=1S/C26H20Cl2F10N2O2/c1-3-4-14-7-15(9-19(27)21(14)28)17(25(33,34)35)10-20(29)13-5-6-16(18(8-13)26(36,37)38)23(42)40-12(2)22(41)39-11-24(30,31)32/h3-10,12,17H,11H2,1-2H3,(H,39,41)(H,40,42)/b4-3?,20-10-. The zero-order chi connectivity index (χ0) is 32.2. The quantitative estimate of drug-likeness (QED) is 0.281. The van der Waals surface area contributed by atoms with E-state index in [0.29, 0.717) is 12.1 Å². The van der Waals surface area contributed by atoms with E-state index < -0.39 is 76.9 Å². The number of allylic oxidation sites excluding steroid dienone is 2. The minimum Gasteiger partial charge on any atom is -0.345 e. The van der Waals surface area contributed by atoms with Crippen molar-refractivity contribution in [3.8, 4) is 0 Å². The van der Waals surface area contributed by atoms with E-state index in [1.165, 1.54) is 17.5 Å². The Morgan fingerprint density at radius 3 is 2.12 bits per heavy atom. The summed E-state index contributed by atoms with van der Waals surface area (Å²) in [5, 5.41) is 2.85. The van der Waals surface area contributed by atoms with Gasteiger partial charge in [-0.2, -0.15) is 39.5 Å². The third-order valence-electron chi connectivity index (χ3n) is 5.50. The summed E-state index contributed by atoms with van der Waals surface area (Å²) in [6.07, 6.45) is -12.4. The summed E-state index contributed by atoms with van der Waals surface area (Å²) in [6, 6.07) is 1.23. The summed E-state index contributed by atoms with van der Waals surface area (Å²) in [7, 11) is 0. The first-order valence-electron chi connectivity index (χ1n) is 11.6. The molecule has 0 aliphatic rings.